The zero-order chi connectivity index (χ0) is 19.1. The van der Waals surface area contributed by atoms with Gasteiger partial charge in [-0.05, 0) is 30.3 Å². The van der Waals surface area contributed by atoms with Crippen molar-refractivity contribution < 1.29 is 19.8 Å². The highest BCUT2D eigenvalue weighted by Gasteiger charge is 2.34. The number of benzene rings is 2. The van der Waals surface area contributed by atoms with Crippen molar-refractivity contribution in [1.82, 2.24) is 4.98 Å². The van der Waals surface area contributed by atoms with Crippen molar-refractivity contribution in [3.63, 3.8) is 0 Å². The number of phenols is 2. The lowest BCUT2D eigenvalue weighted by atomic mass is 9.82. The van der Waals surface area contributed by atoms with Gasteiger partial charge in [-0.1, -0.05) is 30.4 Å². The van der Waals surface area contributed by atoms with Gasteiger partial charge < -0.3 is 15.5 Å². The Labute approximate surface area is 159 Å². The summed E-state index contributed by atoms with van der Waals surface area (Å²) in [7, 11) is 0. The summed E-state index contributed by atoms with van der Waals surface area (Å²) in [6, 6.07) is 12.3. The van der Waals surface area contributed by atoms with Gasteiger partial charge in [0.2, 0.25) is 5.78 Å². The van der Waals surface area contributed by atoms with Crippen molar-refractivity contribution in [3.05, 3.63) is 82.5 Å². The Balaban J connectivity index is 1.79. The van der Waals surface area contributed by atoms with Crippen LogP contribution in [0.4, 0.5) is 5.82 Å². The molecule has 3 N–H and O–H groups in total. The minimum Gasteiger partial charge on any atom is -0.507 e. The third kappa shape index (κ3) is 2.74. The Morgan fingerprint density at radius 1 is 0.889 bits per heavy atom. The fraction of sp³-hybridized carbons (Fsp3) is 0. The van der Waals surface area contributed by atoms with Crippen molar-refractivity contribution in [2.75, 3.05) is 5.32 Å². The van der Waals surface area contributed by atoms with Gasteiger partial charge in [-0.25, -0.2) is 4.98 Å². The van der Waals surface area contributed by atoms with Gasteiger partial charge in [0.15, 0.2) is 5.78 Å². The Morgan fingerprint density at radius 3 is 2.41 bits per heavy atom. The molecule has 27 heavy (non-hydrogen) atoms. The number of pyridine rings is 1. The molecule has 6 nitrogen and oxygen atoms in total. The molecule has 0 atom stereocenters. The predicted octanol–water partition coefficient (Wildman–Crippen LogP) is 3.06. The topological polar surface area (TPSA) is 99.5 Å². The highest BCUT2D eigenvalue weighted by atomic mass is 32.1. The minimum atomic E-state index is -0.606. The number of anilines is 1. The van der Waals surface area contributed by atoms with E-state index in [1.807, 2.05) is 0 Å². The first-order chi connectivity index (χ1) is 13.0. The van der Waals surface area contributed by atoms with Crippen LogP contribution in [-0.4, -0.2) is 31.8 Å². The minimum absolute atomic E-state index is 0.0401. The molecule has 0 radical (unpaired) electrons. The molecule has 132 valence electrons. The van der Waals surface area contributed by atoms with E-state index in [2.05, 4.69) is 10.3 Å². The van der Waals surface area contributed by atoms with E-state index in [1.165, 1.54) is 30.3 Å². The SMILES string of the molecule is O=C1c2cccc(O)c2C(=O)c2c(O)cc(C(=S)Nc3ccccn3)cc21. The lowest BCUT2D eigenvalue weighted by molar-refractivity contribution is 0.0974. The maximum absolute atomic E-state index is 12.8. The molecule has 1 heterocycles. The van der Waals surface area contributed by atoms with Crippen molar-refractivity contribution in [2.24, 2.45) is 0 Å². The molecule has 0 spiro atoms. The monoisotopic (exact) mass is 376 g/mol. The van der Waals surface area contributed by atoms with Crippen LogP contribution in [-0.2, 0) is 0 Å². The van der Waals surface area contributed by atoms with Gasteiger partial charge in [-0.3, -0.25) is 9.59 Å². The van der Waals surface area contributed by atoms with Crippen molar-refractivity contribution in [3.8, 4) is 11.5 Å². The maximum Gasteiger partial charge on any atom is 0.201 e. The molecule has 1 aliphatic rings. The van der Waals surface area contributed by atoms with Crippen LogP contribution in [0.5, 0.6) is 11.5 Å². The van der Waals surface area contributed by atoms with Crippen LogP contribution in [0.2, 0.25) is 0 Å². The predicted molar refractivity (Wildman–Crippen MR) is 103 cm³/mol. The number of phenolic OH excluding ortho intramolecular Hbond substituents is 2. The van der Waals surface area contributed by atoms with Crippen molar-refractivity contribution in [1.29, 1.82) is 0 Å². The van der Waals surface area contributed by atoms with Gasteiger partial charge in [0.1, 0.15) is 22.3 Å². The third-order valence-electron chi connectivity index (χ3n) is 4.27. The average molecular weight is 376 g/mol. The molecule has 0 amide bonds. The number of nitrogens with zero attached hydrogens (tertiary/aromatic N) is 1. The van der Waals surface area contributed by atoms with Crippen LogP contribution in [0.25, 0.3) is 0 Å². The molecule has 0 unspecified atom stereocenters. The first kappa shape index (κ1) is 16.9. The molecule has 1 aromatic heterocycles. The van der Waals surface area contributed by atoms with Gasteiger partial charge in [0, 0.05) is 22.9 Å². The van der Waals surface area contributed by atoms with Crippen LogP contribution in [0.15, 0.2) is 54.7 Å². The number of fused-ring (bicyclic) bond motifs is 2. The molecule has 3 aromatic rings. The standard InChI is InChI=1S/C20H12N2O4S/c23-13-5-3-4-11-16(13)19(26)17-12(18(11)25)8-10(9-14(17)24)20(27)22-15-6-1-2-7-21-15/h1-9,23-24H,(H,21,22,27). The summed E-state index contributed by atoms with van der Waals surface area (Å²) < 4.78 is 0. The van der Waals surface area contributed by atoms with E-state index in [4.69, 9.17) is 12.2 Å². The lowest BCUT2D eigenvalue weighted by Crippen LogP contribution is -2.22. The van der Waals surface area contributed by atoms with Crippen LogP contribution >= 0.6 is 12.2 Å². The molecule has 0 saturated carbocycles. The number of hydrogen-bond acceptors (Lipinski definition) is 6. The zero-order valence-electron chi connectivity index (χ0n) is 13.8. The summed E-state index contributed by atoms with van der Waals surface area (Å²) in [6.45, 7) is 0. The van der Waals surface area contributed by atoms with E-state index in [9.17, 15) is 19.8 Å². The summed E-state index contributed by atoms with van der Waals surface area (Å²) in [5, 5.41) is 23.3. The zero-order valence-corrected chi connectivity index (χ0v) is 14.6. The van der Waals surface area contributed by atoms with E-state index >= 15 is 0 Å². The van der Waals surface area contributed by atoms with Gasteiger partial charge in [0.25, 0.3) is 0 Å². The Bertz CT molecular complexity index is 1130. The molecule has 7 heteroatoms. The van der Waals surface area contributed by atoms with E-state index < -0.39 is 11.6 Å². The molecule has 0 saturated heterocycles. The van der Waals surface area contributed by atoms with Crippen molar-refractivity contribution >= 4 is 34.6 Å². The second kappa shape index (κ2) is 6.30. The van der Waals surface area contributed by atoms with Gasteiger partial charge in [-0.15, -0.1) is 0 Å². The quantitative estimate of drug-likeness (QED) is 0.462. The number of carbonyl (C=O) groups is 2. The molecule has 0 aliphatic heterocycles. The lowest BCUT2D eigenvalue weighted by Gasteiger charge is -2.20. The number of aromatic nitrogens is 1. The number of ketones is 2. The summed E-state index contributed by atoms with van der Waals surface area (Å²) in [6.07, 6.45) is 1.60. The fourth-order valence-electron chi connectivity index (χ4n) is 3.04. The molecule has 0 bridgehead atoms. The number of nitrogens with one attached hydrogen (secondary N) is 1. The molecular formula is C20H12N2O4S. The number of aromatic hydroxyl groups is 2. The molecule has 2 aromatic carbocycles. The first-order valence-electron chi connectivity index (χ1n) is 7.98. The van der Waals surface area contributed by atoms with Crippen LogP contribution in [0.3, 0.4) is 0 Å². The molecule has 0 fully saturated rings. The van der Waals surface area contributed by atoms with Gasteiger partial charge in [-0.2, -0.15) is 0 Å². The van der Waals surface area contributed by atoms with E-state index in [1.54, 1.807) is 24.4 Å². The summed E-state index contributed by atoms with van der Waals surface area (Å²) in [4.78, 5) is 29.9. The van der Waals surface area contributed by atoms with E-state index in [-0.39, 0.29) is 38.7 Å². The number of hydrogen-bond donors (Lipinski definition) is 3. The number of thiocarbonyl (C=S) groups is 1. The van der Waals surface area contributed by atoms with Gasteiger partial charge >= 0.3 is 0 Å². The number of carbonyl (C=O) groups excluding carboxylic acids is 2. The van der Waals surface area contributed by atoms with Crippen molar-refractivity contribution in [2.45, 2.75) is 0 Å². The smallest absolute Gasteiger partial charge is 0.201 e. The Kier molecular flexibility index (Phi) is 3.93. The normalized spacial score (nSPS) is 12.3. The Hall–Kier alpha value is -3.58. The first-order valence-corrected chi connectivity index (χ1v) is 8.39. The number of rotatable bonds is 2. The highest BCUT2D eigenvalue weighted by molar-refractivity contribution is 7.81. The fourth-order valence-corrected chi connectivity index (χ4v) is 3.26. The van der Waals surface area contributed by atoms with Crippen LogP contribution in [0, 0.1) is 0 Å². The van der Waals surface area contributed by atoms with Gasteiger partial charge in [0.05, 0.1) is 11.1 Å². The molecule has 4 rings (SSSR count). The van der Waals surface area contributed by atoms with Crippen LogP contribution < -0.4 is 5.32 Å². The average Bonchev–Trinajstić information content (AvgIpc) is 2.66. The second-order valence-electron chi connectivity index (χ2n) is 5.94. The van der Waals surface area contributed by atoms with Crippen LogP contribution in [0.1, 0.15) is 37.4 Å². The van der Waals surface area contributed by atoms with E-state index in [0.717, 1.165) is 0 Å². The third-order valence-corrected chi connectivity index (χ3v) is 4.61. The maximum atomic E-state index is 12.8. The molecule has 1 aliphatic carbocycles. The summed E-state index contributed by atoms with van der Waals surface area (Å²) >= 11 is 5.34. The summed E-state index contributed by atoms with van der Waals surface area (Å²) in [5.41, 5.74) is 0.258. The van der Waals surface area contributed by atoms with E-state index in [0.29, 0.717) is 11.4 Å². The molecular weight excluding hydrogens is 364 g/mol. The second-order valence-corrected chi connectivity index (χ2v) is 6.35. The highest BCUT2D eigenvalue weighted by Crippen LogP contribution is 2.37. The Morgan fingerprint density at radius 2 is 1.67 bits per heavy atom. The largest absolute Gasteiger partial charge is 0.507 e. The summed E-state index contributed by atoms with van der Waals surface area (Å²) in [5.74, 6) is -1.23.